The molecule has 1 rings (SSSR count). The van der Waals surface area contributed by atoms with Crippen molar-refractivity contribution >= 4 is 34.9 Å². The summed E-state index contributed by atoms with van der Waals surface area (Å²) in [6.07, 6.45) is 2.55. The molecule has 0 unspecified atom stereocenters. The standard InChI is InChI=1S/C10H9Cl2NO2/c11-7-3-4-8(12)9(6-7)13-5-1-2-10(14)15/h1-4,6,13H,5H2,(H,14,15)/b2-1+. The highest BCUT2D eigenvalue weighted by atomic mass is 35.5. The van der Waals surface area contributed by atoms with Gasteiger partial charge in [0, 0.05) is 17.6 Å². The zero-order chi connectivity index (χ0) is 11.3. The van der Waals surface area contributed by atoms with E-state index in [0.29, 0.717) is 22.3 Å². The minimum absolute atomic E-state index is 0.381. The molecule has 0 saturated heterocycles. The summed E-state index contributed by atoms with van der Waals surface area (Å²) >= 11 is 11.6. The second-order valence-electron chi connectivity index (χ2n) is 2.75. The summed E-state index contributed by atoms with van der Waals surface area (Å²) < 4.78 is 0. The topological polar surface area (TPSA) is 49.3 Å². The first-order valence-electron chi connectivity index (χ1n) is 4.18. The molecule has 0 atom stereocenters. The Morgan fingerprint density at radius 2 is 2.20 bits per heavy atom. The van der Waals surface area contributed by atoms with E-state index in [1.165, 1.54) is 6.08 Å². The lowest BCUT2D eigenvalue weighted by Gasteiger charge is -2.05. The van der Waals surface area contributed by atoms with E-state index >= 15 is 0 Å². The van der Waals surface area contributed by atoms with E-state index < -0.39 is 5.97 Å². The first kappa shape index (κ1) is 11.9. The first-order valence-corrected chi connectivity index (χ1v) is 4.93. The average Bonchev–Trinajstić information content (AvgIpc) is 2.17. The van der Waals surface area contributed by atoms with Gasteiger partial charge in [0.25, 0.3) is 0 Å². The molecule has 0 spiro atoms. The zero-order valence-corrected chi connectivity index (χ0v) is 9.22. The Labute approximate surface area is 97.3 Å². The number of aliphatic carboxylic acids is 1. The normalized spacial score (nSPS) is 10.5. The molecule has 2 N–H and O–H groups in total. The third kappa shape index (κ3) is 4.23. The molecule has 0 heterocycles. The number of carboxylic acid groups (broad SMARTS) is 1. The molecule has 0 saturated carbocycles. The van der Waals surface area contributed by atoms with Gasteiger partial charge in [-0.25, -0.2) is 4.79 Å². The number of carbonyl (C=O) groups is 1. The van der Waals surface area contributed by atoms with Crippen LogP contribution in [0.3, 0.4) is 0 Å². The second kappa shape index (κ2) is 5.63. The fraction of sp³-hybridized carbons (Fsp3) is 0.100. The molecule has 0 bridgehead atoms. The van der Waals surface area contributed by atoms with Gasteiger partial charge in [-0.05, 0) is 18.2 Å². The van der Waals surface area contributed by atoms with Crippen LogP contribution in [0.5, 0.6) is 0 Å². The third-order valence-corrected chi connectivity index (χ3v) is 2.16. The summed E-state index contributed by atoms with van der Waals surface area (Å²) in [5.74, 6) is -0.978. The van der Waals surface area contributed by atoms with E-state index in [1.807, 2.05) is 0 Å². The summed E-state index contributed by atoms with van der Waals surface area (Å²) in [5.41, 5.74) is 0.680. The van der Waals surface area contributed by atoms with E-state index in [1.54, 1.807) is 18.2 Å². The van der Waals surface area contributed by atoms with Crippen LogP contribution in [0.4, 0.5) is 5.69 Å². The maximum absolute atomic E-state index is 10.2. The number of benzene rings is 1. The predicted octanol–water partition coefficient (Wildman–Crippen LogP) is 3.05. The lowest BCUT2D eigenvalue weighted by atomic mass is 10.3. The summed E-state index contributed by atoms with van der Waals surface area (Å²) in [5, 5.41) is 12.4. The Hall–Kier alpha value is -1.19. The van der Waals surface area contributed by atoms with Gasteiger partial charge in [0.2, 0.25) is 0 Å². The van der Waals surface area contributed by atoms with Crippen LogP contribution in [-0.2, 0) is 4.79 Å². The molecule has 0 aliphatic carbocycles. The van der Waals surface area contributed by atoms with Crippen LogP contribution in [0.1, 0.15) is 0 Å². The number of nitrogens with one attached hydrogen (secondary N) is 1. The summed E-state index contributed by atoms with van der Waals surface area (Å²) in [6.45, 7) is 0.381. The van der Waals surface area contributed by atoms with Crippen molar-refractivity contribution in [3.8, 4) is 0 Å². The minimum Gasteiger partial charge on any atom is -0.478 e. The third-order valence-electron chi connectivity index (χ3n) is 1.60. The van der Waals surface area contributed by atoms with Gasteiger partial charge in [-0.2, -0.15) is 0 Å². The number of anilines is 1. The Morgan fingerprint density at radius 3 is 2.87 bits per heavy atom. The Kier molecular flexibility index (Phi) is 4.46. The van der Waals surface area contributed by atoms with Crippen molar-refractivity contribution in [1.29, 1.82) is 0 Å². The molecule has 3 nitrogen and oxygen atoms in total. The molecule has 80 valence electrons. The molecule has 15 heavy (non-hydrogen) atoms. The zero-order valence-electron chi connectivity index (χ0n) is 7.71. The highest BCUT2D eigenvalue weighted by Crippen LogP contribution is 2.24. The van der Waals surface area contributed by atoms with Crippen molar-refractivity contribution in [1.82, 2.24) is 0 Å². The van der Waals surface area contributed by atoms with E-state index in [9.17, 15) is 4.79 Å². The van der Waals surface area contributed by atoms with Crippen LogP contribution in [0.25, 0.3) is 0 Å². The van der Waals surface area contributed by atoms with E-state index in [0.717, 1.165) is 6.08 Å². The molecular weight excluding hydrogens is 237 g/mol. The van der Waals surface area contributed by atoms with Gasteiger partial charge in [0.15, 0.2) is 0 Å². The molecular formula is C10H9Cl2NO2. The van der Waals surface area contributed by atoms with Gasteiger partial charge in [-0.15, -0.1) is 0 Å². The number of rotatable bonds is 4. The van der Waals surface area contributed by atoms with Crippen LogP contribution < -0.4 is 5.32 Å². The Balaban J connectivity index is 2.57. The van der Waals surface area contributed by atoms with Crippen molar-refractivity contribution in [3.63, 3.8) is 0 Å². The van der Waals surface area contributed by atoms with Gasteiger partial charge in [-0.3, -0.25) is 0 Å². The van der Waals surface area contributed by atoms with Crippen LogP contribution in [0, 0.1) is 0 Å². The summed E-state index contributed by atoms with van der Waals surface area (Å²) in [4.78, 5) is 10.2. The van der Waals surface area contributed by atoms with Crippen LogP contribution in [-0.4, -0.2) is 17.6 Å². The fourth-order valence-electron chi connectivity index (χ4n) is 0.962. The molecule has 1 aromatic carbocycles. The highest BCUT2D eigenvalue weighted by Gasteiger charge is 1.98. The van der Waals surface area contributed by atoms with Gasteiger partial charge >= 0.3 is 5.97 Å². The monoisotopic (exact) mass is 245 g/mol. The number of hydrogen-bond acceptors (Lipinski definition) is 2. The average molecular weight is 246 g/mol. The van der Waals surface area contributed by atoms with Gasteiger partial charge in [0.1, 0.15) is 0 Å². The minimum atomic E-state index is -0.978. The predicted molar refractivity (Wildman–Crippen MR) is 61.7 cm³/mol. The van der Waals surface area contributed by atoms with Crippen molar-refractivity contribution in [2.45, 2.75) is 0 Å². The van der Waals surface area contributed by atoms with Gasteiger partial charge in [-0.1, -0.05) is 29.3 Å². The quantitative estimate of drug-likeness (QED) is 0.802. The lowest BCUT2D eigenvalue weighted by molar-refractivity contribution is -0.131. The van der Waals surface area contributed by atoms with Crippen molar-refractivity contribution < 1.29 is 9.90 Å². The molecule has 0 aromatic heterocycles. The second-order valence-corrected chi connectivity index (χ2v) is 3.59. The van der Waals surface area contributed by atoms with E-state index in [2.05, 4.69) is 5.32 Å². The SMILES string of the molecule is O=C(O)/C=C/CNc1cc(Cl)ccc1Cl. The maximum atomic E-state index is 10.2. The molecule has 0 radical (unpaired) electrons. The molecule has 0 aliphatic rings. The molecule has 0 fully saturated rings. The molecule has 0 aliphatic heterocycles. The van der Waals surface area contributed by atoms with Crippen LogP contribution in [0.2, 0.25) is 10.0 Å². The van der Waals surface area contributed by atoms with Gasteiger partial charge in [0.05, 0.1) is 10.7 Å². The summed E-state index contributed by atoms with van der Waals surface area (Å²) in [6, 6.07) is 5.04. The van der Waals surface area contributed by atoms with Crippen LogP contribution >= 0.6 is 23.2 Å². The van der Waals surface area contributed by atoms with Crippen molar-refractivity contribution in [2.24, 2.45) is 0 Å². The molecule has 0 amide bonds. The maximum Gasteiger partial charge on any atom is 0.328 e. The van der Waals surface area contributed by atoms with E-state index in [4.69, 9.17) is 28.3 Å². The number of carboxylic acids is 1. The molecule has 5 heteroatoms. The highest BCUT2D eigenvalue weighted by molar-refractivity contribution is 6.35. The van der Waals surface area contributed by atoms with Crippen molar-refractivity contribution in [3.05, 3.63) is 40.4 Å². The van der Waals surface area contributed by atoms with Gasteiger partial charge < -0.3 is 10.4 Å². The molecule has 1 aromatic rings. The fourth-order valence-corrected chi connectivity index (χ4v) is 1.32. The van der Waals surface area contributed by atoms with E-state index in [-0.39, 0.29) is 0 Å². The van der Waals surface area contributed by atoms with Crippen LogP contribution in [0.15, 0.2) is 30.4 Å². The number of hydrogen-bond donors (Lipinski definition) is 2. The lowest BCUT2D eigenvalue weighted by Crippen LogP contribution is -1.99. The smallest absolute Gasteiger partial charge is 0.328 e. The number of halogens is 2. The summed E-state index contributed by atoms with van der Waals surface area (Å²) in [7, 11) is 0. The Morgan fingerprint density at radius 1 is 1.47 bits per heavy atom. The Bertz CT molecular complexity index is 391. The first-order chi connectivity index (χ1) is 7.09. The van der Waals surface area contributed by atoms with Crippen molar-refractivity contribution in [2.75, 3.05) is 11.9 Å². The largest absolute Gasteiger partial charge is 0.478 e.